The molecule has 0 heterocycles. The molecular weight excluding hydrogens is 300 g/mol. The van der Waals surface area contributed by atoms with E-state index in [0.29, 0.717) is 6.54 Å². The molecular formula is C16H26N2O3S. The van der Waals surface area contributed by atoms with Crippen LogP contribution in [0.25, 0.3) is 0 Å². The third-order valence-electron chi connectivity index (χ3n) is 3.55. The van der Waals surface area contributed by atoms with Crippen LogP contribution in [0.15, 0.2) is 30.3 Å². The summed E-state index contributed by atoms with van der Waals surface area (Å²) in [7, 11) is -3.38. The van der Waals surface area contributed by atoms with Crippen molar-refractivity contribution in [3.05, 3.63) is 35.9 Å². The topological polar surface area (TPSA) is 66.5 Å². The molecule has 1 N–H and O–H groups in total. The van der Waals surface area contributed by atoms with Gasteiger partial charge in [-0.2, -0.15) is 4.31 Å². The molecule has 6 heteroatoms. The minimum absolute atomic E-state index is 0.109. The van der Waals surface area contributed by atoms with Gasteiger partial charge in [0, 0.05) is 25.6 Å². The summed E-state index contributed by atoms with van der Waals surface area (Å²) in [6.45, 7) is 4.72. The predicted molar refractivity (Wildman–Crippen MR) is 88.9 cm³/mol. The zero-order valence-corrected chi connectivity index (χ0v) is 14.4. The third kappa shape index (κ3) is 6.15. The number of hydrogen-bond donors (Lipinski definition) is 1. The third-order valence-corrected chi connectivity index (χ3v) is 4.90. The first-order valence-electron chi connectivity index (χ1n) is 7.64. The first kappa shape index (κ1) is 18.6. The standard InChI is InChI=1S/C16H26N2O3S/c1-4-5-12-17-16(19)11-13-18(22(3,20)21)14(2)15-9-7-6-8-10-15/h6-10,14H,4-5,11-13H2,1-3H3,(H,17,19). The molecule has 0 bridgehead atoms. The number of hydrogen-bond acceptors (Lipinski definition) is 3. The van der Waals surface area contributed by atoms with Gasteiger partial charge in [0.1, 0.15) is 0 Å². The number of benzene rings is 1. The molecule has 0 radical (unpaired) electrons. The quantitative estimate of drug-likeness (QED) is 0.708. The maximum Gasteiger partial charge on any atom is 0.221 e. The Labute approximate surface area is 133 Å². The van der Waals surface area contributed by atoms with Crippen molar-refractivity contribution in [3.8, 4) is 0 Å². The van der Waals surface area contributed by atoms with Gasteiger partial charge in [-0.1, -0.05) is 43.7 Å². The molecule has 0 saturated heterocycles. The molecule has 0 fully saturated rings. The van der Waals surface area contributed by atoms with Crippen molar-refractivity contribution >= 4 is 15.9 Å². The number of nitrogens with zero attached hydrogens (tertiary/aromatic N) is 1. The Bertz CT molecular complexity index is 558. The minimum atomic E-state index is -3.38. The van der Waals surface area contributed by atoms with Crippen LogP contribution < -0.4 is 5.32 Å². The zero-order chi connectivity index (χ0) is 16.6. The zero-order valence-electron chi connectivity index (χ0n) is 13.6. The number of amides is 1. The molecule has 22 heavy (non-hydrogen) atoms. The first-order valence-corrected chi connectivity index (χ1v) is 9.49. The van der Waals surface area contributed by atoms with Crippen molar-refractivity contribution in [3.63, 3.8) is 0 Å². The summed E-state index contributed by atoms with van der Waals surface area (Å²) in [6, 6.07) is 9.14. The van der Waals surface area contributed by atoms with Crippen molar-refractivity contribution < 1.29 is 13.2 Å². The summed E-state index contributed by atoms with van der Waals surface area (Å²) in [5.74, 6) is -0.109. The molecule has 0 aliphatic carbocycles. The highest BCUT2D eigenvalue weighted by atomic mass is 32.2. The van der Waals surface area contributed by atoms with E-state index >= 15 is 0 Å². The van der Waals surface area contributed by atoms with Gasteiger partial charge in [-0.3, -0.25) is 4.79 Å². The van der Waals surface area contributed by atoms with Crippen LogP contribution >= 0.6 is 0 Å². The summed E-state index contributed by atoms with van der Waals surface area (Å²) >= 11 is 0. The molecule has 1 unspecified atom stereocenters. The molecule has 1 amide bonds. The second kappa shape index (κ2) is 8.90. The molecule has 0 aromatic heterocycles. The van der Waals surface area contributed by atoms with Crippen molar-refractivity contribution in [2.24, 2.45) is 0 Å². The van der Waals surface area contributed by atoms with Crippen LogP contribution in [-0.2, 0) is 14.8 Å². The van der Waals surface area contributed by atoms with Crippen molar-refractivity contribution in [2.75, 3.05) is 19.3 Å². The number of carbonyl (C=O) groups excluding carboxylic acids is 1. The number of rotatable bonds is 9. The molecule has 0 aliphatic heterocycles. The van der Waals surface area contributed by atoms with Gasteiger partial charge in [-0.25, -0.2) is 8.42 Å². The highest BCUT2D eigenvalue weighted by Crippen LogP contribution is 2.22. The molecule has 1 aromatic rings. The Morgan fingerprint density at radius 1 is 1.27 bits per heavy atom. The largest absolute Gasteiger partial charge is 0.356 e. The van der Waals surface area contributed by atoms with Gasteiger partial charge >= 0.3 is 0 Å². The predicted octanol–water partition coefficient (Wildman–Crippen LogP) is 2.32. The van der Waals surface area contributed by atoms with Crippen LogP contribution in [0.3, 0.4) is 0 Å². The number of sulfonamides is 1. The Hall–Kier alpha value is -1.40. The summed E-state index contributed by atoms with van der Waals surface area (Å²) in [5.41, 5.74) is 0.916. The molecule has 1 aromatic carbocycles. The van der Waals surface area contributed by atoms with Crippen molar-refractivity contribution in [2.45, 2.75) is 39.2 Å². The monoisotopic (exact) mass is 326 g/mol. The van der Waals surface area contributed by atoms with E-state index in [2.05, 4.69) is 12.2 Å². The van der Waals surface area contributed by atoms with Gasteiger partial charge in [0.05, 0.1) is 6.26 Å². The highest BCUT2D eigenvalue weighted by molar-refractivity contribution is 7.88. The average Bonchev–Trinajstić information content (AvgIpc) is 2.47. The normalized spacial score (nSPS) is 13.1. The van der Waals surface area contributed by atoms with Crippen LogP contribution in [0.2, 0.25) is 0 Å². The number of nitrogens with one attached hydrogen (secondary N) is 1. The second-order valence-corrected chi connectivity index (χ2v) is 7.35. The Kier molecular flexibility index (Phi) is 7.55. The summed E-state index contributed by atoms with van der Waals surface area (Å²) in [6.07, 6.45) is 3.30. The van der Waals surface area contributed by atoms with Crippen molar-refractivity contribution in [1.29, 1.82) is 0 Å². The van der Waals surface area contributed by atoms with Gasteiger partial charge in [0.25, 0.3) is 0 Å². The molecule has 1 rings (SSSR count). The van der Waals surface area contributed by atoms with E-state index in [0.717, 1.165) is 18.4 Å². The lowest BCUT2D eigenvalue weighted by Crippen LogP contribution is -2.36. The number of carbonyl (C=O) groups is 1. The number of unbranched alkanes of at least 4 members (excludes halogenated alkanes) is 1. The maximum absolute atomic E-state index is 12.0. The molecule has 0 aliphatic rings. The van der Waals surface area contributed by atoms with Crippen LogP contribution in [0, 0.1) is 0 Å². The fourth-order valence-corrected chi connectivity index (χ4v) is 3.37. The van der Waals surface area contributed by atoms with E-state index in [1.807, 2.05) is 37.3 Å². The summed E-state index contributed by atoms with van der Waals surface area (Å²) in [5, 5.41) is 2.81. The van der Waals surface area contributed by atoms with E-state index in [1.165, 1.54) is 10.6 Å². The fraction of sp³-hybridized carbons (Fsp3) is 0.562. The lowest BCUT2D eigenvalue weighted by molar-refractivity contribution is -0.121. The van der Waals surface area contributed by atoms with E-state index in [1.54, 1.807) is 0 Å². The van der Waals surface area contributed by atoms with E-state index < -0.39 is 10.0 Å². The second-order valence-electron chi connectivity index (χ2n) is 5.41. The van der Waals surface area contributed by atoms with Crippen LogP contribution in [0.4, 0.5) is 0 Å². The van der Waals surface area contributed by atoms with Crippen LogP contribution in [0.1, 0.15) is 44.7 Å². The van der Waals surface area contributed by atoms with Gasteiger partial charge in [-0.15, -0.1) is 0 Å². The minimum Gasteiger partial charge on any atom is -0.356 e. The molecule has 0 saturated carbocycles. The molecule has 0 spiro atoms. The lowest BCUT2D eigenvalue weighted by Gasteiger charge is -2.27. The van der Waals surface area contributed by atoms with E-state index in [9.17, 15) is 13.2 Å². The highest BCUT2D eigenvalue weighted by Gasteiger charge is 2.24. The Balaban J connectivity index is 2.69. The van der Waals surface area contributed by atoms with Crippen LogP contribution in [-0.4, -0.2) is 38.0 Å². The summed E-state index contributed by atoms with van der Waals surface area (Å²) < 4.78 is 25.4. The van der Waals surface area contributed by atoms with Gasteiger partial charge in [0.2, 0.25) is 15.9 Å². The molecule has 1 atom stereocenters. The van der Waals surface area contributed by atoms with E-state index in [-0.39, 0.29) is 24.9 Å². The maximum atomic E-state index is 12.0. The fourth-order valence-electron chi connectivity index (χ4n) is 2.25. The average molecular weight is 326 g/mol. The van der Waals surface area contributed by atoms with Gasteiger partial charge in [-0.05, 0) is 18.9 Å². The van der Waals surface area contributed by atoms with Gasteiger partial charge < -0.3 is 5.32 Å². The summed E-state index contributed by atoms with van der Waals surface area (Å²) in [4.78, 5) is 11.8. The molecule has 124 valence electrons. The lowest BCUT2D eigenvalue weighted by atomic mass is 10.1. The van der Waals surface area contributed by atoms with E-state index in [4.69, 9.17) is 0 Å². The van der Waals surface area contributed by atoms with Gasteiger partial charge in [0.15, 0.2) is 0 Å². The first-order chi connectivity index (χ1) is 10.4. The Morgan fingerprint density at radius 3 is 2.45 bits per heavy atom. The van der Waals surface area contributed by atoms with Crippen molar-refractivity contribution in [1.82, 2.24) is 9.62 Å². The Morgan fingerprint density at radius 2 is 1.91 bits per heavy atom. The molecule has 5 nitrogen and oxygen atoms in total. The van der Waals surface area contributed by atoms with Crippen LogP contribution in [0.5, 0.6) is 0 Å². The smallest absolute Gasteiger partial charge is 0.221 e. The SMILES string of the molecule is CCCCNC(=O)CCN(C(C)c1ccccc1)S(C)(=O)=O.